The Morgan fingerprint density at radius 1 is 1.24 bits per heavy atom. The van der Waals surface area contributed by atoms with Crippen LogP contribution in [0.5, 0.6) is 0 Å². The molecule has 0 fully saturated rings. The molecule has 0 atom stereocenters. The molecule has 17 heavy (non-hydrogen) atoms. The molecule has 2 rings (SSSR count). The van der Waals surface area contributed by atoms with Gasteiger partial charge in [0.05, 0.1) is 12.3 Å². The van der Waals surface area contributed by atoms with E-state index in [0.29, 0.717) is 6.61 Å². The average Bonchev–Trinajstić information content (AvgIpc) is 2.68. The van der Waals surface area contributed by atoms with E-state index in [1.54, 1.807) is 0 Å². The number of imidazole rings is 1. The number of aryl methyl sites for hydroxylation is 1. The lowest BCUT2D eigenvalue weighted by molar-refractivity contribution is 0.131. The molecule has 2 aromatic rings. The van der Waals surface area contributed by atoms with E-state index in [9.17, 15) is 0 Å². The Bertz CT molecular complexity index is 462. The van der Waals surface area contributed by atoms with Gasteiger partial charge in [0, 0.05) is 18.7 Å². The lowest BCUT2D eigenvalue weighted by atomic mass is 10.1. The summed E-state index contributed by atoms with van der Waals surface area (Å²) in [6.07, 6.45) is 0.879. The summed E-state index contributed by atoms with van der Waals surface area (Å²) in [5, 5.41) is 0. The summed E-state index contributed by atoms with van der Waals surface area (Å²) < 4.78 is 5.43. The molecule has 1 heterocycles. The first-order valence-electron chi connectivity index (χ1n) is 5.95. The van der Waals surface area contributed by atoms with Crippen molar-refractivity contribution in [2.24, 2.45) is 0 Å². The second-order valence-corrected chi connectivity index (χ2v) is 4.05. The number of ether oxygens (including phenoxy) is 1. The van der Waals surface area contributed by atoms with Crippen molar-refractivity contribution in [3.05, 3.63) is 53.1 Å². The molecule has 0 bridgehead atoms. The highest BCUT2D eigenvalue weighted by Gasteiger charge is 2.08. The maximum absolute atomic E-state index is 5.43. The van der Waals surface area contributed by atoms with Gasteiger partial charge >= 0.3 is 0 Å². The van der Waals surface area contributed by atoms with Gasteiger partial charge in [0.1, 0.15) is 5.82 Å². The van der Waals surface area contributed by atoms with E-state index >= 15 is 0 Å². The Hall–Kier alpha value is -1.61. The zero-order chi connectivity index (χ0) is 12.1. The first kappa shape index (κ1) is 11.9. The third kappa shape index (κ3) is 3.17. The van der Waals surface area contributed by atoms with Crippen LogP contribution in [0.4, 0.5) is 0 Å². The molecule has 0 saturated heterocycles. The lowest BCUT2D eigenvalue weighted by Crippen LogP contribution is -1.98. The van der Waals surface area contributed by atoms with E-state index in [2.05, 4.69) is 34.2 Å². The molecule has 0 aliphatic rings. The van der Waals surface area contributed by atoms with Crippen LogP contribution in [0, 0.1) is 6.92 Å². The van der Waals surface area contributed by atoms with Crippen molar-refractivity contribution in [1.29, 1.82) is 0 Å². The minimum atomic E-state index is 0.586. The summed E-state index contributed by atoms with van der Waals surface area (Å²) in [5.41, 5.74) is 3.46. The van der Waals surface area contributed by atoms with Crippen LogP contribution in [0.2, 0.25) is 0 Å². The summed E-state index contributed by atoms with van der Waals surface area (Å²) in [6, 6.07) is 10.4. The van der Waals surface area contributed by atoms with Crippen molar-refractivity contribution in [3.8, 4) is 0 Å². The lowest BCUT2D eigenvalue weighted by Gasteiger charge is -2.03. The van der Waals surface area contributed by atoms with E-state index in [1.807, 2.05) is 19.9 Å². The Morgan fingerprint density at radius 3 is 2.71 bits per heavy atom. The van der Waals surface area contributed by atoms with Gasteiger partial charge in [-0.1, -0.05) is 30.3 Å². The third-order valence-electron chi connectivity index (χ3n) is 2.65. The number of aromatic nitrogens is 2. The van der Waals surface area contributed by atoms with Crippen molar-refractivity contribution >= 4 is 0 Å². The van der Waals surface area contributed by atoms with Gasteiger partial charge in [-0.15, -0.1) is 0 Å². The predicted octanol–water partition coefficient (Wildman–Crippen LogP) is 2.85. The number of benzene rings is 1. The highest BCUT2D eigenvalue weighted by Crippen LogP contribution is 2.13. The van der Waals surface area contributed by atoms with Crippen LogP contribution in [0.1, 0.15) is 29.7 Å². The van der Waals surface area contributed by atoms with Gasteiger partial charge in [0.25, 0.3) is 0 Å². The molecule has 0 amide bonds. The van der Waals surface area contributed by atoms with Crippen LogP contribution < -0.4 is 0 Å². The molecule has 0 saturated carbocycles. The van der Waals surface area contributed by atoms with Crippen LogP contribution >= 0.6 is 0 Å². The Morgan fingerprint density at radius 2 is 2.00 bits per heavy atom. The van der Waals surface area contributed by atoms with Crippen LogP contribution in [0.15, 0.2) is 30.3 Å². The molecule has 3 nitrogen and oxygen atoms in total. The summed E-state index contributed by atoms with van der Waals surface area (Å²) in [5.74, 6) is 0.950. The molecule has 0 spiro atoms. The van der Waals surface area contributed by atoms with Crippen molar-refractivity contribution < 1.29 is 4.74 Å². The fourth-order valence-electron chi connectivity index (χ4n) is 1.85. The van der Waals surface area contributed by atoms with Gasteiger partial charge < -0.3 is 9.72 Å². The summed E-state index contributed by atoms with van der Waals surface area (Å²) in [4.78, 5) is 7.77. The van der Waals surface area contributed by atoms with E-state index in [1.165, 1.54) is 5.56 Å². The zero-order valence-corrected chi connectivity index (χ0v) is 10.4. The summed E-state index contributed by atoms with van der Waals surface area (Å²) in [7, 11) is 0. The highest BCUT2D eigenvalue weighted by molar-refractivity contribution is 5.25. The summed E-state index contributed by atoms with van der Waals surface area (Å²) in [6.45, 7) is 5.28. The minimum Gasteiger partial charge on any atom is -0.375 e. The maximum atomic E-state index is 5.43. The average molecular weight is 230 g/mol. The first-order chi connectivity index (χ1) is 8.29. The van der Waals surface area contributed by atoms with Gasteiger partial charge in [0.15, 0.2) is 0 Å². The van der Waals surface area contributed by atoms with Crippen molar-refractivity contribution in [3.63, 3.8) is 0 Å². The molecule has 1 aromatic carbocycles. The number of rotatable bonds is 5. The number of nitrogens with zero attached hydrogens (tertiary/aromatic N) is 1. The van der Waals surface area contributed by atoms with Crippen LogP contribution in [0.25, 0.3) is 0 Å². The largest absolute Gasteiger partial charge is 0.375 e. The first-order valence-corrected chi connectivity index (χ1v) is 5.95. The molecule has 0 unspecified atom stereocenters. The molecule has 1 aromatic heterocycles. The fourth-order valence-corrected chi connectivity index (χ4v) is 1.85. The molecular formula is C14H18N2O. The number of aromatic amines is 1. The van der Waals surface area contributed by atoms with Crippen LogP contribution in [-0.4, -0.2) is 16.6 Å². The molecule has 90 valence electrons. The zero-order valence-electron chi connectivity index (χ0n) is 10.4. The van der Waals surface area contributed by atoms with Crippen LogP contribution in [0.3, 0.4) is 0 Å². The topological polar surface area (TPSA) is 37.9 Å². The monoisotopic (exact) mass is 230 g/mol. The second-order valence-electron chi connectivity index (χ2n) is 4.05. The third-order valence-corrected chi connectivity index (χ3v) is 2.65. The van der Waals surface area contributed by atoms with Crippen LogP contribution in [-0.2, 0) is 17.8 Å². The van der Waals surface area contributed by atoms with Gasteiger partial charge in [0.2, 0.25) is 0 Å². The van der Waals surface area contributed by atoms with E-state index in [0.717, 1.165) is 30.2 Å². The van der Waals surface area contributed by atoms with Gasteiger partial charge in [-0.3, -0.25) is 0 Å². The van der Waals surface area contributed by atoms with E-state index < -0.39 is 0 Å². The van der Waals surface area contributed by atoms with Gasteiger partial charge in [-0.2, -0.15) is 0 Å². The maximum Gasteiger partial charge on any atom is 0.103 e. The fraction of sp³-hybridized carbons (Fsp3) is 0.357. The molecule has 3 heteroatoms. The van der Waals surface area contributed by atoms with Crippen molar-refractivity contribution in [2.45, 2.75) is 26.9 Å². The SMILES string of the molecule is CCOCc1nc(C)[nH]c1Cc1ccccc1. The predicted molar refractivity (Wildman–Crippen MR) is 67.9 cm³/mol. The highest BCUT2D eigenvalue weighted by atomic mass is 16.5. The van der Waals surface area contributed by atoms with Gasteiger partial charge in [-0.05, 0) is 19.4 Å². The van der Waals surface area contributed by atoms with E-state index in [-0.39, 0.29) is 0 Å². The Labute approximate surface area is 102 Å². The molecule has 0 aliphatic heterocycles. The Balaban J connectivity index is 2.14. The Kier molecular flexibility index (Phi) is 3.94. The molecular weight excluding hydrogens is 212 g/mol. The number of hydrogen-bond donors (Lipinski definition) is 1. The van der Waals surface area contributed by atoms with E-state index in [4.69, 9.17) is 4.74 Å². The number of hydrogen-bond acceptors (Lipinski definition) is 2. The number of H-pyrrole nitrogens is 1. The minimum absolute atomic E-state index is 0.586. The quantitative estimate of drug-likeness (QED) is 0.857. The smallest absolute Gasteiger partial charge is 0.103 e. The summed E-state index contributed by atoms with van der Waals surface area (Å²) >= 11 is 0. The normalized spacial score (nSPS) is 10.7. The second kappa shape index (κ2) is 5.64. The standard InChI is InChI=1S/C14H18N2O/c1-3-17-10-14-13(15-11(2)16-14)9-12-7-5-4-6-8-12/h4-8H,3,9-10H2,1-2H3,(H,15,16). The van der Waals surface area contributed by atoms with Crippen molar-refractivity contribution in [2.75, 3.05) is 6.61 Å². The molecule has 0 radical (unpaired) electrons. The number of nitrogens with one attached hydrogen (secondary N) is 1. The van der Waals surface area contributed by atoms with Crippen molar-refractivity contribution in [1.82, 2.24) is 9.97 Å². The molecule has 1 N–H and O–H groups in total. The van der Waals surface area contributed by atoms with Gasteiger partial charge in [-0.25, -0.2) is 4.98 Å². The molecule has 0 aliphatic carbocycles.